The molecular formula is C46H26O. The Bertz CT molecular complexity index is 3050. The Kier molecular flexibility index (Phi) is 4.90. The van der Waals surface area contributed by atoms with Gasteiger partial charge in [-0.3, -0.25) is 0 Å². The summed E-state index contributed by atoms with van der Waals surface area (Å²) in [5.74, 6) is 0. The van der Waals surface area contributed by atoms with Gasteiger partial charge in [0.25, 0.3) is 0 Å². The molecule has 11 aromatic rings. The third kappa shape index (κ3) is 3.43. The van der Waals surface area contributed by atoms with Gasteiger partial charge in [-0.1, -0.05) is 140 Å². The Balaban J connectivity index is 1.30. The minimum absolute atomic E-state index is 0.915. The highest BCUT2D eigenvalue weighted by atomic mass is 16.3. The third-order valence-electron chi connectivity index (χ3n) is 10.4. The largest absolute Gasteiger partial charge is 0.455 e. The van der Waals surface area contributed by atoms with E-state index >= 15 is 0 Å². The molecule has 10 aromatic carbocycles. The minimum Gasteiger partial charge on any atom is -0.455 e. The van der Waals surface area contributed by atoms with Crippen LogP contribution in [0.3, 0.4) is 0 Å². The Morgan fingerprint density at radius 2 is 0.915 bits per heavy atom. The molecule has 1 aromatic heterocycles. The summed E-state index contributed by atoms with van der Waals surface area (Å²) in [5.41, 5.74) is 6.57. The van der Waals surface area contributed by atoms with Crippen molar-refractivity contribution >= 4 is 86.6 Å². The average molecular weight is 595 g/mol. The molecule has 0 aliphatic rings. The van der Waals surface area contributed by atoms with Crippen LogP contribution in [-0.2, 0) is 0 Å². The van der Waals surface area contributed by atoms with Crippen LogP contribution in [-0.4, -0.2) is 0 Å². The van der Waals surface area contributed by atoms with Gasteiger partial charge in [-0.2, -0.15) is 0 Å². The molecule has 0 amide bonds. The van der Waals surface area contributed by atoms with E-state index in [1.807, 2.05) is 0 Å². The number of rotatable bonds is 2. The van der Waals surface area contributed by atoms with Gasteiger partial charge in [0.05, 0.1) is 0 Å². The third-order valence-corrected chi connectivity index (χ3v) is 10.4. The SMILES string of the molecule is c1ccc2c(c1)ccc1c(-c3cc(-c4ccc5ccc6cccc7ccc4c5c67)cc4c3oc3ccc5ccccc5c34)cccc12. The second kappa shape index (κ2) is 9.19. The lowest BCUT2D eigenvalue weighted by atomic mass is 9.87. The summed E-state index contributed by atoms with van der Waals surface area (Å²) < 4.78 is 6.85. The van der Waals surface area contributed by atoms with Crippen LogP contribution in [0, 0.1) is 0 Å². The first-order chi connectivity index (χ1) is 23.3. The maximum Gasteiger partial charge on any atom is 0.143 e. The van der Waals surface area contributed by atoms with Crippen molar-refractivity contribution < 1.29 is 4.42 Å². The smallest absolute Gasteiger partial charge is 0.143 e. The minimum atomic E-state index is 0.915. The molecule has 216 valence electrons. The first-order valence-electron chi connectivity index (χ1n) is 16.3. The Labute approximate surface area is 270 Å². The lowest BCUT2D eigenvalue weighted by Crippen LogP contribution is -1.89. The van der Waals surface area contributed by atoms with Crippen LogP contribution in [0.1, 0.15) is 0 Å². The average Bonchev–Trinajstić information content (AvgIpc) is 3.52. The highest BCUT2D eigenvalue weighted by Crippen LogP contribution is 2.46. The van der Waals surface area contributed by atoms with E-state index in [9.17, 15) is 0 Å². The van der Waals surface area contributed by atoms with Crippen LogP contribution >= 0.6 is 0 Å². The lowest BCUT2D eigenvalue weighted by molar-refractivity contribution is 0.670. The van der Waals surface area contributed by atoms with Gasteiger partial charge in [0.15, 0.2) is 0 Å². The Morgan fingerprint density at radius 3 is 1.79 bits per heavy atom. The molecule has 0 unspecified atom stereocenters. The maximum absolute atomic E-state index is 6.85. The van der Waals surface area contributed by atoms with Crippen molar-refractivity contribution in [1.82, 2.24) is 0 Å². The van der Waals surface area contributed by atoms with E-state index in [1.54, 1.807) is 0 Å². The van der Waals surface area contributed by atoms with Crippen LogP contribution in [0.25, 0.3) is 109 Å². The summed E-state index contributed by atoms with van der Waals surface area (Å²) in [5, 5.41) is 17.5. The first kappa shape index (κ1) is 25.1. The summed E-state index contributed by atoms with van der Waals surface area (Å²) in [6.07, 6.45) is 0. The zero-order valence-corrected chi connectivity index (χ0v) is 25.4. The molecule has 1 heterocycles. The fourth-order valence-corrected chi connectivity index (χ4v) is 8.27. The van der Waals surface area contributed by atoms with Crippen LogP contribution < -0.4 is 0 Å². The molecule has 0 radical (unpaired) electrons. The van der Waals surface area contributed by atoms with Crippen molar-refractivity contribution in [3.8, 4) is 22.3 Å². The maximum atomic E-state index is 6.85. The molecule has 11 rings (SSSR count). The number of furan rings is 1. The summed E-state index contributed by atoms with van der Waals surface area (Å²) in [4.78, 5) is 0. The second-order valence-corrected chi connectivity index (χ2v) is 12.8. The van der Waals surface area contributed by atoms with Gasteiger partial charge in [-0.25, -0.2) is 0 Å². The van der Waals surface area contributed by atoms with Crippen molar-refractivity contribution in [3.05, 3.63) is 158 Å². The van der Waals surface area contributed by atoms with Gasteiger partial charge in [0, 0.05) is 16.3 Å². The number of hydrogen-bond donors (Lipinski definition) is 0. The highest BCUT2D eigenvalue weighted by molar-refractivity contribution is 6.27. The summed E-state index contributed by atoms with van der Waals surface area (Å²) in [7, 11) is 0. The van der Waals surface area contributed by atoms with Crippen molar-refractivity contribution in [2.75, 3.05) is 0 Å². The van der Waals surface area contributed by atoms with E-state index in [4.69, 9.17) is 4.42 Å². The first-order valence-corrected chi connectivity index (χ1v) is 16.3. The van der Waals surface area contributed by atoms with Crippen molar-refractivity contribution in [2.45, 2.75) is 0 Å². The van der Waals surface area contributed by atoms with Gasteiger partial charge in [-0.15, -0.1) is 0 Å². The molecule has 0 fully saturated rings. The van der Waals surface area contributed by atoms with E-state index in [1.165, 1.54) is 86.7 Å². The molecule has 1 heteroatoms. The van der Waals surface area contributed by atoms with E-state index < -0.39 is 0 Å². The summed E-state index contributed by atoms with van der Waals surface area (Å²) >= 11 is 0. The number of hydrogen-bond acceptors (Lipinski definition) is 1. The molecule has 0 aliphatic carbocycles. The van der Waals surface area contributed by atoms with Gasteiger partial charge >= 0.3 is 0 Å². The van der Waals surface area contributed by atoms with Gasteiger partial charge < -0.3 is 4.42 Å². The van der Waals surface area contributed by atoms with Crippen LogP contribution in [0.4, 0.5) is 0 Å². The van der Waals surface area contributed by atoms with Gasteiger partial charge in [0.1, 0.15) is 11.2 Å². The predicted molar refractivity (Wildman–Crippen MR) is 201 cm³/mol. The fraction of sp³-hybridized carbons (Fsp3) is 0. The fourth-order valence-electron chi connectivity index (χ4n) is 8.27. The van der Waals surface area contributed by atoms with Crippen LogP contribution in [0.5, 0.6) is 0 Å². The molecule has 0 saturated heterocycles. The van der Waals surface area contributed by atoms with E-state index in [2.05, 4.69) is 158 Å². The van der Waals surface area contributed by atoms with Crippen molar-refractivity contribution in [1.29, 1.82) is 0 Å². The van der Waals surface area contributed by atoms with Crippen molar-refractivity contribution in [2.24, 2.45) is 0 Å². The number of benzene rings is 10. The van der Waals surface area contributed by atoms with Crippen molar-refractivity contribution in [3.63, 3.8) is 0 Å². The molecule has 1 nitrogen and oxygen atoms in total. The quantitative estimate of drug-likeness (QED) is 0.182. The predicted octanol–water partition coefficient (Wildman–Crippen LogP) is 13.3. The lowest BCUT2D eigenvalue weighted by Gasteiger charge is -2.16. The number of fused-ring (bicyclic) bond motifs is 8. The molecular weight excluding hydrogens is 569 g/mol. The second-order valence-electron chi connectivity index (χ2n) is 12.8. The molecule has 0 N–H and O–H groups in total. The molecule has 0 spiro atoms. The Hall–Kier alpha value is -6.18. The van der Waals surface area contributed by atoms with E-state index in [0.717, 1.165) is 22.1 Å². The van der Waals surface area contributed by atoms with Crippen LogP contribution in [0.15, 0.2) is 162 Å². The topological polar surface area (TPSA) is 13.1 Å². The monoisotopic (exact) mass is 594 g/mol. The van der Waals surface area contributed by atoms with Gasteiger partial charge in [0.2, 0.25) is 0 Å². The highest BCUT2D eigenvalue weighted by Gasteiger charge is 2.20. The normalized spacial score (nSPS) is 12.3. The molecule has 47 heavy (non-hydrogen) atoms. The summed E-state index contributed by atoms with van der Waals surface area (Å²) in [6.45, 7) is 0. The zero-order valence-electron chi connectivity index (χ0n) is 25.4. The standard InChI is InChI=1S/C46H26O/c1-3-11-33-27(7-1)17-22-38-36(33)13-6-14-37(38)40-25-32(26-41-45-35-12-4-2-8-28(35)20-24-42(45)47-46(40)41)34-21-18-31-16-15-29-9-5-10-30-19-23-39(34)44(31)43(29)30/h1-26H. The van der Waals surface area contributed by atoms with Crippen LogP contribution in [0.2, 0.25) is 0 Å². The van der Waals surface area contributed by atoms with Gasteiger partial charge in [-0.05, 0) is 99.5 Å². The van der Waals surface area contributed by atoms with E-state index in [-0.39, 0.29) is 0 Å². The Morgan fingerprint density at radius 1 is 0.298 bits per heavy atom. The molecule has 0 saturated carbocycles. The zero-order chi connectivity index (χ0) is 30.6. The molecule has 0 atom stereocenters. The molecule has 0 aliphatic heterocycles. The van der Waals surface area contributed by atoms with E-state index in [0.29, 0.717) is 0 Å². The molecule has 0 bridgehead atoms. The summed E-state index contributed by atoms with van der Waals surface area (Å²) in [6, 6.07) is 57.9.